The van der Waals surface area contributed by atoms with Crippen molar-refractivity contribution >= 4 is 17.3 Å². The smallest absolute Gasteiger partial charge is 0.166 e. The molecule has 0 bridgehead atoms. The zero-order valence-corrected chi connectivity index (χ0v) is 11.2. The van der Waals surface area contributed by atoms with Crippen LogP contribution in [0.1, 0.15) is 24.8 Å². The van der Waals surface area contributed by atoms with E-state index in [9.17, 15) is 0 Å². The van der Waals surface area contributed by atoms with E-state index in [0.717, 1.165) is 25.1 Å². The van der Waals surface area contributed by atoms with Crippen LogP contribution in [0.25, 0.3) is 0 Å². The van der Waals surface area contributed by atoms with Crippen LogP contribution in [0, 0.1) is 0 Å². The predicted octanol–water partition coefficient (Wildman–Crippen LogP) is 1.61. The van der Waals surface area contributed by atoms with E-state index < -0.39 is 0 Å². The van der Waals surface area contributed by atoms with E-state index in [-0.39, 0.29) is 0 Å². The molecule has 0 spiro atoms. The highest BCUT2D eigenvalue weighted by Crippen LogP contribution is 2.14. The predicted molar refractivity (Wildman–Crippen MR) is 75.3 cm³/mol. The summed E-state index contributed by atoms with van der Waals surface area (Å²) in [6.45, 7) is 2.48. The van der Waals surface area contributed by atoms with E-state index in [1.165, 1.54) is 12.8 Å². The molecule has 4 nitrogen and oxygen atoms in total. The van der Waals surface area contributed by atoms with Crippen LogP contribution in [-0.4, -0.2) is 29.4 Å². The van der Waals surface area contributed by atoms with Crippen molar-refractivity contribution in [1.82, 2.24) is 15.6 Å². The van der Waals surface area contributed by atoms with Crippen molar-refractivity contribution in [2.45, 2.75) is 31.9 Å². The maximum Gasteiger partial charge on any atom is 0.166 e. The Morgan fingerprint density at radius 3 is 3.17 bits per heavy atom. The molecule has 18 heavy (non-hydrogen) atoms. The van der Waals surface area contributed by atoms with Gasteiger partial charge in [0.1, 0.15) is 0 Å². The van der Waals surface area contributed by atoms with Gasteiger partial charge in [-0.05, 0) is 43.1 Å². The van der Waals surface area contributed by atoms with Crippen LogP contribution in [0.2, 0.25) is 0 Å². The van der Waals surface area contributed by atoms with E-state index in [0.29, 0.717) is 17.8 Å². The fourth-order valence-corrected chi connectivity index (χ4v) is 2.14. The molecule has 1 unspecified atom stereocenters. The summed E-state index contributed by atoms with van der Waals surface area (Å²) < 4.78 is 5.55. The van der Waals surface area contributed by atoms with Crippen molar-refractivity contribution in [3.63, 3.8) is 0 Å². The molecule has 0 aliphatic carbocycles. The number of aromatic nitrogens is 1. The molecule has 2 heterocycles. The highest BCUT2D eigenvalue weighted by Gasteiger charge is 2.14. The van der Waals surface area contributed by atoms with Gasteiger partial charge in [0.2, 0.25) is 0 Å². The molecular weight excluding hydrogens is 246 g/mol. The molecule has 0 radical (unpaired) electrons. The molecule has 1 aliphatic heterocycles. The number of nitrogens with zero attached hydrogens (tertiary/aromatic N) is 1. The summed E-state index contributed by atoms with van der Waals surface area (Å²) in [4.78, 5) is 4.06. The Hall–Kier alpha value is -1.20. The molecule has 1 atom stereocenters. The Balaban J connectivity index is 1.57. The van der Waals surface area contributed by atoms with Crippen molar-refractivity contribution in [1.29, 1.82) is 0 Å². The average molecular weight is 265 g/mol. The zero-order valence-electron chi connectivity index (χ0n) is 10.4. The van der Waals surface area contributed by atoms with Crippen molar-refractivity contribution in [3.8, 4) is 0 Å². The minimum Gasteiger partial charge on any atom is -0.378 e. The van der Waals surface area contributed by atoms with Gasteiger partial charge in [-0.1, -0.05) is 6.07 Å². The SMILES string of the molecule is S=C(NCCC1CCCO1)NCc1cccnc1. The molecule has 2 rings (SSSR count). The quantitative estimate of drug-likeness (QED) is 0.792. The summed E-state index contributed by atoms with van der Waals surface area (Å²) >= 11 is 5.21. The number of hydrogen-bond acceptors (Lipinski definition) is 3. The third-order valence-corrected chi connectivity index (χ3v) is 3.24. The zero-order chi connectivity index (χ0) is 12.6. The van der Waals surface area contributed by atoms with Crippen LogP contribution in [0.4, 0.5) is 0 Å². The molecular formula is C13H19N3OS. The van der Waals surface area contributed by atoms with Crippen molar-refractivity contribution < 1.29 is 4.74 Å². The number of pyridine rings is 1. The maximum atomic E-state index is 5.55. The highest BCUT2D eigenvalue weighted by molar-refractivity contribution is 7.80. The second-order valence-electron chi connectivity index (χ2n) is 4.39. The first-order valence-electron chi connectivity index (χ1n) is 6.37. The lowest BCUT2D eigenvalue weighted by Gasteiger charge is -2.12. The Morgan fingerprint density at radius 2 is 2.44 bits per heavy atom. The molecule has 1 aliphatic rings. The van der Waals surface area contributed by atoms with Gasteiger partial charge in [0, 0.05) is 32.1 Å². The van der Waals surface area contributed by atoms with Gasteiger partial charge in [-0.3, -0.25) is 4.98 Å². The minimum atomic E-state index is 0.415. The summed E-state index contributed by atoms with van der Waals surface area (Å²) in [5.41, 5.74) is 1.13. The standard InChI is InChI=1S/C13H19N3OS/c18-13(15-7-5-12-4-2-8-17-12)16-10-11-3-1-6-14-9-11/h1,3,6,9,12H,2,4-5,7-8,10H2,(H2,15,16,18). The molecule has 2 N–H and O–H groups in total. The van der Waals surface area contributed by atoms with Crippen LogP contribution in [0.15, 0.2) is 24.5 Å². The number of ether oxygens (including phenoxy) is 1. The lowest BCUT2D eigenvalue weighted by Crippen LogP contribution is -2.36. The molecule has 0 amide bonds. The number of hydrogen-bond donors (Lipinski definition) is 2. The monoisotopic (exact) mass is 265 g/mol. The Morgan fingerprint density at radius 1 is 1.50 bits per heavy atom. The summed E-state index contributed by atoms with van der Waals surface area (Å²) in [5.74, 6) is 0. The van der Waals surface area contributed by atoms with E-state index in [2.05, 4.69) is 15.6 Å². The van der Waals surface area contributed by atoms with Gasteiger partial charge in [0.05, 0.1) is 6.10 Å². The first kappa shape index (κ1) is 13.2. The van der Waals surface area contributed by atoms with E-state index in [1.807, 2.05) is 18.3 Å². The number of rotatable bonds is 5. The van der Waals surface area contributed by atoms with Crippen molar-refractivity contribution in [2.75, 3.05) is 13.2 Å². The third-order valence-electron chi connectivity index (χ3n) is 2.95. The molecule has 98 valence electrons. The summed E-state index contributed by atoms with van der Waals surface area (Å²) in [7, 11) is 0. The minimum absolute atomic E-state index is 0.415. The first-order chi connectivity index (χ1) is 8.84. The van der Waals surface area contributed by atoms with Gasteiger partial charge in [-0.25, -0.2) is 0 Å². The van der Waals surface area contributed by atoms with Gasteiger partial charge >= 0.3 is 0 Å². The summed E-state index contributed by atoms with van der Waals surface area (Å²) in [5, 5.41) is 7.06. The van der Waals surface area contributed by atoms with Crippen LogP contribution in [-0.2, 0) is 11.3 Å². The van der Waals surface area contributed by atoms with E-state index >= 15 is 0 Å². The summed E-state index contributed by atoms with van der Waals surface area (Å²) in [6, 6.07) is 3.94. The van der Waals surface area contributed by atoms with Gasteiger partial charge in [-0.15, -0.1) is 0 Å². The number of thiocarbonyl (C=S) groups is 1. The maximum absolute atomic E-state index is 5.55. The first-order valence-corrected chi connectivity index (χ1v) is 6.77. The third kappa shape index (κ3) is 4.58. The Bertz CT molecular complexity index is 366. The number of nitrogens with one attached hydrogen (secondary N) is 2. The fraction of sp³-hybridized carbons (Fsp3) is 0.538. The fourth-order valence-electron chi connectivity index (χ4n) is 1.97. The lowest BCUT2D eigenvalue weighted by molar-refractivity contribution is 0.105. The lowest BCUT2D eigenvalue weighted by atomic mass is 10.2. The highest BCUT2D eigenvalue weighted by atomic mass is 32.1. The topological polar surface area (TPSA) is 46.2 Å². The van der Waals surface area contributed by atoms with Gasteiger partial charge in [0.25, 0.3) is 0 Å². The molecule has 1 aromatic rings. The molecule has 1 saturated heterocycles. The van der Waals surface area contributed by atoms with Crippen LogP contribution in [0.5, 0.6) is 0 Å². The summed E-state index contributed by atoms with van der Waals surface area (Å²) in [6.07, 6.45) is 7.41. The van der Waals surface area contributed by atoms with Crippen LogP contribution < -0.4 is 10.6 Å². The van der Waals surface area contributed by atoms with Crippen molar-refractivity contribution in [3.05, 3.63) is 30.1 Å². The molecule has 0 saturated carbocycles. The average Bonchev–Trinajstić information content (AvgIpc) is 2.91. The van der Waals surface area contributed by atoms with Gasteiger partial charge in [-0.2, -0.15) is 0 Å². The molecule has 0 aromatic carbocycles. The second kappa shape index (κ2) is 7.28. The second-order valence-corrected chi connectivity index (χ2v) is 4.80. The van der Waals surface area contributed by atoms with Gasteiger partial charge in [0.15, 0.2) is 5.11 Å². The van der Waals surface area contributed by atoms with Crippen molar-refractivity contribution in [2.24, 2.45) is 0 Å². The molecule has 1 aromatic heterocycles. The van der Waals surface area contributed by atoms with Crippen LogP contribution in [0.3, 0.4) is 0 Å². The Labute approximate surface area is 113 Å². The molecule has 1 fully saturated rings. The van der Waals surface area contributed by atoms with Gasteiger partial charge < -0.3 is 15.4 Å². The Kier molecular flexibility index (Phi) is 5.36. The van der Waals surface area contributed by atoms with Crippen LogP contribution >= 0.6 is 12.2 Å². The normalized spacial score (nSPS) is 18.6. The molecule has 5 heteroatoms. The van der Waals surface area contributed by atoms with E-state index in [1.54, 1.807) is 6.20 Å². The van der Waals surface area contributed by atoms with E-state index in [4.69, 9.17) is 17.0 Å². The largest absolute Gasteiger partial charge is 0.378 e.